The van der Waals surface area contributed by atoms with Crippen molar-refractivity contribution in [1.82, 2.24) is 9.88 Å². The smallest absolute Gasteiger partial charge is 0.227 e. The summed E-state index contributed by atoms with van der Waals surface area (Å²) < 4.78 is 0. The minimum absolute atomic E-state index is 0.0555. The number of likely N-dealkylation sites (N-methyl/N-ethyl adjacent to an activating group) is 1. The van der Waals surface area contributed by atoms with Crippen molar-refractivity contribution < 1.29 is 4.79 Å². The zero-order valence-electron chi connectivity index (χ0n) is 13.9. The van der Waals surface area contributed by atoms with Gasteiger partial charge in [-0.25, -0.2) is 0 Å². The Hall–Kier alpha value is -1.81. The van der Waals surface area contributed by atoms with Crippen molar-refractivity contribution in [3.05, 3.63) is 30.0 Å². The van der Waals surface area contributed by atoms with Gasteiger partial charge in [-0.1, -0.05) is 13.8 Å². The molecule has 1 aliphatic carbocycles. The first-order chi connectivity index (χ1) is 10.3. The lowest BCUT2D eigenvalue weighted by molar-refractivity contribution is -0.117. The molecule has 0 spiro atoms. The normalized spacial score (nSPS) is 15.5. The zero-order chi connectivity index (χ0) is 15.9. The van der Waals surface area contributed by atoms with Crippen molar-refractivity contribution >= 4 is 22.5 Å². The number of nitrogens with zero attached hydrogens (tertiary/aromatic N) is 1. The Labute approximate surface area is 131 Å². The third kappa shape index (κ3) is 3.17. The number of aromatic nitrogens is 1. The molecular weight excluding hydrogens is 274 g/mol. The number of hydrogen-bond acceptors (Lipinski definition) is 2. The third-order valence-corrected chi connectivity index (χ3v) is 4.28. The van der Waals surface area contributed by atoms with Crippen molar-refractivity contribution in [2.24, 2.45) is 5.92 Å². The average Bonchev–Trinajstić information content (AvgIpc) is 3.16. The highest BCUT2D eigenvalue weighted by atomic mass is 16.2. The number of rotatable bonds is 5. The molecule has 1 saturated carbocycles. The molecule has 0 atom stereocenters. The summed E-state index contributed by atoms with van der Waals surface area (Å²) in [4.78, 5) is 17.6. The Morgan fingerprint density at radius 3 is 2.68 bits per heavy atom. The molecule has 0 unspecified atom stereocenters. The number of nitrogens with one attached hydrogen (secondary N) is 2. The van der Waals surface area contributed by atoms with Gasteiger partial charge in [0.2, 0.25) is 5.91 Å². The van der Waals surface area contributed by atoms with Crippen LogP contribution in [0.25, 0.3) is 10.9 Å². The van der Waals surface area contributed by atoms with E-state index in [0.717, 1.165) is 36.0 Å². The molecule has 0 aliphatic heterocycles. The van der Waals surface area contributed by atoms with Crippen LogP contribution >= 0.6 is 0 Å². The minimum atomic E-state index is 0.0555. The molecule has 0 radical (unpaired) electrons. The predicted molar refractivity (Wildman–Crippen MR) is 91.2 cm³/mol. The molecule has 1 amide bonds. The number of carbonyl (C=O) groups excluding carboxylic acids is 1. The van der Waals surface area contributed by atoms with Crippen LogP contribution in [0.1, 0.15) is 32.4 Å². The van der Waals surface area contributed by atoms with Gasteiger partial charge in [-0.15, -0.1) is 0 Å². The Morgan fingerprint density at radius 2 is 2.05 bits per heavy atom. The van der Waals surface area contributed by atoms with Gasteiger partial charge in [0.15, 0.2) is 0 Å². The van der Waals surface area contributed by atoms with Crippen molar-refractivity contribution in [2.75, 3.05) is 26.0 Å². The monoisotopic (exact) mass is 299 g/mol. The topological polar surface area (TPSA) is 48.1 Å². The first kappa shape index (κ1) is 15.1. The Morgan fingerprint density at radius 1 is 1.32 bits per heavy atom. The number of hydrogen-bond donors (Lipinski definition) is 2. The molecule has 4 nitrogen and oxygen atoms in total. The van der Waals surface area contributed by atoms with E-state index in [4.69, 9.17) is 0 Å². The molecule has 1 aromatic heterocycles. The van der Waals surface area contributed by atoms with Gasteiger partial charge in [0.25, 0.3) is 0 Å². The Balaban J connectivity index is 1.84. The second-order valence-electron chi connectivity index (χ2n) is 7.37. The molecule has 3 rings (SSSR count). The predicted octanol–water partition coefficient (Wildman–Crippen LogP) is 3.36. The van der Waals surface area contributed by atoms with Gasteiger partial charge in [-0.2, -0.15) is 0 Å². The van der Waals surface area contributed by atoms with Gasteiger partial charge >= 0.3 is 0 Å². The van der Waals surface area contributed by atoms with Crippen LogP contribution in [-0.2, 0) is 10.2 Å². The molecule has 118 valence electrons. The Bertz CT molecular complexity index is 695. The van der Waals surface area contributed by atoms with E-state index in [0.29, 0.717) is 0 Å². The number of aromatic amines is 1. The van der Waals surface area contributed by atoms with Crippen LogP contribution in [0.5, 0.6) is 0 Å². The van der Waals surface area contributed by atoms with E-state index < -0.39 is 0 Å². The highest BCUT2D eigenvalue weighted by Crippen LogP contribution is 2.31. The van der Waals surface area contributed by atoms with E-state index in [9.17, 15) is 4.79 Å². The molecule has 0 bridgehead atoms. The molecule has 1 aliphatic rings. The maximum absolute atomic E-state index is 11.9. The summed E-state index contributed by atoms with van der Waals surface area (Å²) in [5, 5.41) is 4.16. The summed E-state index contributed by atoms with van der Waals surface area (Å²) in [6, 6.07) is 8.28. The lowest BCUT2D eigenvalue weighted by atomic mass is 9.89. The fourth-order valence-corrected chi connectivity index (χ4v) is 3.04. The molecule has 4 heteroatoms. The van der Waals surface area contributed by atoms with E-state index in [2.05, 4.69) is 55.3 Å². The summed E-state index contributed by atoms with van der Waals surface area (Å²) in [5.41, 5.74) is 3.29. The van der Waals surface area contributed by atoms with E-state index in [1.54, 1.807) is 0 Å². The summed E-state index contributed by atoms with van der Waals surface area (Å²) in [5.74, 6) is 0.388. The summed E-state index contributed by atoms with van der Waals surface area (Å²) >= 11 is 0. The van der Waals surface area contributed by atoms with Gasteiger partial charge in [-0.3, -0.25) is 4.79 Å². The molecule has 1 aromatic carbocycles. The standard InChI is InChI=1S/C18H25N3O/c1-18(2,11-21(3)4)16-10-13-9-14(7-8-15(13)20-16)19-17(22)12-5-6-12/h7-10,12,20H,5-6,11H2,1-4H3,(H,19,22). The van der Waals surface area contributed by atoms with Crippen LogP contribution in [0.2, 0.25) is 0 Å². The summed E-state index contributed by atoms with van der Waals surface area (Å²) in [6.45, 7) is 5.46. The second kappa shape index (κ2) is 5.43. The van der Waals surface area contributed by atoms with Crippen LogP contribution < -0.4 is 5.32 Å². The maximum atomic E-state index is 11.9. The lowest BCUT2D eigenvalue weighted by Gasteiger charge is -2.27. The van der Waals surface area contributed by atoms with Crippen LogP contribution in [-0.4, -0.2) is 36.4 Å². The van der Waals surface area contributed by atoms with Gasteiger partial charge in [0.05, 0.1) is 0 Å². The molecule has 22 heavy (non-hydrogen) atoms. The lowest BCUT2D eigenvalue weighted by Crippen LogP contribution is -2.32. The SMILES string of the molecule is CN(C)CC(C)(C)c1cc2cc(NC(=O)C3CC3)ccc2[nH]1. The van der Waals surface area contributed by atoms with Crippen molar-refractivity contribution in [2.45, 2.75) is 32.1 Å². The molecule has 0 saturated heterocycles. The van der Waals surface area contributed by atoms with Gasteiger partial charge in [-0.05, 0) is 51.2 Å². The number of fused-ring (bicyclic) bond motifs is 1. The van der Waals surface area contributed by atoms with Crippen molar-refractivity contribution in [3.63, 3.8) is 0 Å². The van der Waals surface area contributed by atoms with Crippen LogP contribution in [0.3, 0.4) is 0 Å². The molecule has 1 fully saturated rings. The van der Waals surface area contributed by atoms with Crippen LogP contribution in [0.4, 0.5) is 5.69 Å². The summed E-state index contributed by atoms with van der Waals surface area (Å²) in [6.07, 6.45) is 2.06. The van der Waals surface area contributed by atoms with Crippen LogP contribution in [0.15, 0.2) is 24.3 Å². The average molecular weight is 299 g/mol. The van der Waals surface area contributed by atoms with Crippen LogP contribution in [0, 0.1) is 5.92 Å². The fourth-order valence-electron chi connectivity index (χ4n) is 3.04. The molecular formula is C18H25N3O. The van der Waals surface area contributed by atoms with E-state index >= 15 is 0 Å². The first-order valence-corrected chi connectivity index (χ1v) is 7.94. The quantitative estimate of drug-likeness (QED) is 0.889. The number of amides is 1. The largest absolute Gasteiger partial charge is 0.358 e. The first-order valence-electron chi connectivity index (χ1n) is 7.94. The maximum Gasteiger partial charge on any atom is 0.227 e. The number of carbonyl (C=O) groups is 1. The Kier molecular flexibility index (Phi) is 3.73. The minimum Gasteiger partial charge on any atom is -0.358 e. The highest BCUT2D eigenvalue weighted by molar-refractivity contribution is 5.96. The third-order valence-electron chi connectivity index (χ3n) is 4.28. The number of anilines is 1. The number of H-pyrrole nitrogens is 1. The molecule has 1 heterocycles. The van der Waals surface area contributed by atoms with Crippen molar-refractivity contribution in [3.8, 4) is 0 Å². The molecule has 2 N–H and O–H groups in total. The van der Waals surface area contributed by atoms with E-state index in [-0.39, 0.29) is 17.2 Å². The summed E-state index contributed by atoms with van der Waals surface area (Å²) in [7, 11) is 4.19. The molecule has 2 aromatic rings. The highest BCUT2D eigenvalue weighted by Gasteiger charge is 2.29. The van der Waals surface area contributed by atoms with Gasteiger partial charge in [0.1, 0.15) is 0 Å². The van der Waals surface area contributed by atoms with Gasteiger partial charge < -0.3 is 15.2 Å². The van der Waals surface area contributed by atoms with E-state index in [1.165, 1.54) is 5.69 Å². The van der Waals surface area contributed by atoms with Gasteiger partial charge in [0, 0.05) is 40.2 Å². The fraction of sp³-hybridized carbons (Fsp3) is 0.500. The zero-order valence-corrected chi connectivity index (χ0v) is 13.9. The van der Waals surface area contributed by atoms with Crippen molar-refractivity contribution in [1.29, 1.82) is 0 Å². The number of benzene rings is 1. The van der Waals surface area contributed by atoms with E-state index in [1.807, 2.05) is 12.1 Å². The second-order valence-corrected chi connectivity index (χ2v) is 7.37.